The van der Waals surface area contributed by atoms with Crippen molar-refractivity contribution < 1.29 is 4.42 Å². The van der Waals surface area contributed by atoms with E-state index in [-0.39, 0.29) is 0 Å². The Hall–Kier alpha value is -8.98. The van der Waals surface area contributed by atoms with E-state index in [9.17, 15) is 0 Å². The lowest BCUT2D eigenvalue weighted by Gasteiger charge is -2.28. The maximum atomic E-state index is 6.22. The summed E-state index contributed by atoms with van der Waals surface area (Å²) >= 11 is 0. The van der Waals surface area contributed by atoms with E-state index < -0.39 is 0 Å². The lowest BCUT2D eigenvalue weighted by Crippen LogP contribution is -2.10. The monoisotopic (exact) mass is 865 g/mol. The Morgan fingerprint density at radius 1 is 0.265 bits per heavy atom. The average molecular weight is 866 g/mol. The predicted molar refractivity (Wildman–Crippen MR) is 288 cm³/mol. The molecule has 318 valence electrons. The summed E-state index contributed by atoms with van der Waals surface area (Å²) in [7, 11) is 0. The van der Waals surface area contributed by atoms with E-state index in [1.807, 2.05) is 12.1 Å². The van der Waals surface area contributed by atoms with Crippen LogP contribution in [0.5, 0.6) is 0 Å². The van der Waals surface area contributed by atoms with Gasteiger partial charge in [-0.25, -0.2) is 0 Å². The highest BCUT2D eigenvalue weighted by Crippen LogP contribution is 2.45. The van der Waals surface area contributed by atoms with Crippen LogP contribution in [-0.4, -0.2) is 0 Å². The molecule has 13 rings (SSSR count). The lowest BCUT2D eigenvalue weighted by molar-refractivity contribution is 0.669. The van der Waals surface area contributed by atoms with Crippen molar-refractivity contribution >= 4 is 71.3 Å². The Bertz CT molecular complexity index is 3980. The highest BCUT2D eigenvalue weighted by Gasteiger charge is 2.20. The van der Waals surface area contributed by atoms with Gasteiger partial charge in [-0.2, -0.15) is 0 Å². The van der Waals surface area contributed by atoms with Gasteiger partial charge in [-0.15, -0.1) is 0 Å². The Morgan fingerprint density at radius 2 is 0.750 bits per heavy atom. The smallest absolute Gasteiger partial charge is 0.136 e. The zero-order chi connectivity index (χ0) is 45.0. The highest BCUT2D eigenvalue weighted by molar-refractivity contribution is 6.15. The number of hydrogen-bond donors (Lipinski definition) is 0. The van der Waals surface area contributed by atoms with Gasteiger partial charge in [-0.3, -0.25) is 0 Å². The zero-order valence-electron chi connectivity index (χ0n) is 37.2. The number of fused-ring (bicyclic) bond motifs is 7. The van der Waals surface area contributed by atoms with Gasteiger partial charge in [0.2, 0.25) is 0 Å². The number of furan rings is 1. The minimum Gasteiger partial charge on any atom is -0.456 e. The summed E-state index contributed by atoms with van der Waals surface area (Å²) in [5, 5.41) is 9.63. The van der Waals surface area contributed by atoms with E-state index in [4.69, 9.17) is 4.42 Å². The first-order chi connectivity index (χ1) is 33.7. The van der Waals surface area contributed by atoms with Crippen LogP contribution in [0.15, 0.2) is 265 Å². The molecule has 2 nitrogen and oxygen atoms in total. The highest BCUT2D eigenvalue weighted by atomic mass is 16.3. The molecule has 0 aliphatic carbocycles. The van der Waals surface area contributed by atoms with Crippen LogP contribution in [0.2, 0.25) is 0 Å². The van der Waals surface area contributed by atoms with Crippen LogP contribution in [-0.2, 0) is 0 Å². The third-order valence-electron chi connectivity index (χ3n) is 13.7. The summed E-state index contributed by atoms with van der Waals surface area (Å²) in [6, 6.07) is 94.5. The van der Waals surface area contributed by atoms with Gasteiger partial charge in [0, 0.05) is 27.5 Å². The van der Waals surface area contributed by atoms with Crippen molar-refractivity contribution in [2.24, 2.45) is 0 Å². The van der Waals surface area contributed by atoms with Gasteiger partial charge in [-0.1, -0.05) is 218 Å². The van der Waals surface area contributed by atoms with Gasteiger partial charge in [0.25, 0.3) is 0 Å². The number of anilines is 3. The number of nitrogens with zero attached hydrogens (tertiary/aromatic N) is 1. The van der Waals surface area contributed by atoms with E-state index in [0.717, 1.165) is 55.7 Å². The molecule has 0 saturated heterocycles. The van der Waals surface area contributed by atoms with Crippen molar-refractivity contribution in [3.63, 3.8) is 0 Å². The fourth-order valence-corrected chi connectivity index (χ4v) is 10.4. The normalized spacial score (nSPS) is 11.5. The molecule has 0 N–H and O–H groups in total. The summed E-state index contributed by atoms with van der Waals surface area (Å²) in [5.41, 5.74) is 17.0. The van der Waals surface area contributed by atoms with E-state index in [2.05, 4.69) is 254 Å². The van der Waals surface area contributed by atoms with Crippen LogP contribution in [0.25, 0.3) is 110 Å². The first-order valence-corrected chi connectivity index (χ1v) is 23.3. The number of benzene rings is 12. The van der Waals surface area contributed by atoms with Gasteiger partial charge in [0.15, 0.2) is 0 Å². The molecule has 1 heterocycles. The van der Waals surface area contributed by atoms with E-state index >= 15 is 0 Å². The minimum atomic E-state index is 0.907. The first kappa shape index (κ1) is 39.4. The van der Waals surface area contributed by atoms with Crippen molar-refractivity contribution in [1.82, 2.24) is 0 Å². The molecule has 0 aliphatic rings. The summed E-state index contributed by atoms with van der Waals surface area (Å²) in [5.74, 6) is 0. The molecule has 0 aliphatic heterocycles. The molecule has 12 aromatic carbocycles. The summed E-state index contributed by atoms with van der Waals surface area (Å²) in [4.78, 5) is 2.42. The van der Waals surface area contributed by atoms with E-state index in [1.165, 1.54) is 71.3 Å². The lowest BCUT2D eigenvalue weighted by atomic mass is 9.89. The van der Waals surface area contributed by atoms with Crippen LogP contribution in [0.3, 0.4) is 0 Å². The molecular weight excluding hydrogens is 823 g/mol. The van der Waals surface area contributed by atoms with Crippen molar-refractivity contribution in [2.75, 3.05) is 4.90 Å². The average Bonchev–Trinajstić information content (AvgIpc) is 3.81. The van der Waals surface area contributed by atoms with Crippen LogP contribution in [0, 0.1) is 0 Å². The number of rotatable bonds is 8. The van der Waals surface area contributed by atoms with Crippen molar-refractivity contribution in [3.05, 3.63) is 261 Å². The second-order valence-corrected chi connectivity index (χ2v) is 17.6. The van der Waals surface area contributed by atoms with Crippen LogP contribution < -0.4 is 4.90 Å². The maximum absolute atomic E-state index is 6.22. The minimum absolute atomic E-state index is 0.907. The zero-order valence-corrected chi connectivity index (χ0v) is 37.2. The largest absolute Gasteiger partial charge is 0.456 e. The number of hydrogen-bond acceptors (Lipinski definition) is 2. The fourth-order valence-electron chi connectivity index (χ4n) is 10.4. The second-order valence-electron chi connectivity index (χ2n) is 17.6. The Kier molecular flexibility index (Phi) is 9.54. The van der Waals surface area contributed by atoms with Gasteiger partial charge in [-0.05, 0) is 125 Å². The first-order valence-electron chi connectivity index (χ1n) is 23.3. The number of para-hydroxylation sites is 1. The topological polar surface area (TPSA) is 16.4 Å². The van der Waals surface area contributed by atoms with Crippen LogP contribution in [0.4, 0.5) is 17.1 Å². The fraction of sp³-hybridized carbons (Fsp3) is 0. The summed E-state index contributed by atoms with van der Waals surface area (Å²) in [6.45, 7) is 0. The van der Waals surface area contributed by atoms with Gasteiger partial charge in [0.1, 0.15) is 11.2 Å². The quantitative estimate of drug-likeness (QED) is 0.142. The van der Waals surface area contributed by atoms with Gasteiger partial charge < -0.3 is 9.32 Å². The van der Waals surface area contributed by atoms with Crippen LogP contribution >= 0.6 is 0 Å². The molecule has 1 aromatic heterocycles. The van der Waals surface area contributed by atoms with E-state index in [0.29, 0.717) is 0 Å². The molecule has 68 heavy (non-hydrogen) atoms. The third kappa shape index (κ3) is 6.82. The Labute approximate surface area is 395 Å². The van der Waals surface area contributed by atoms with Crippen molar-refractivity contribution in [1.29, 1.82) is 0 Å². The van der Waals surface area contributed by atoms with E-state index in [1.54, 1.807) is 0 Å². The molecule has 0 atom stereocenters. The van der Waals surface area contributed by atoms with Crippen molar-refractivity contribution in [3.8, 4) is 55.6 Å². The summed E-state index contributed by atoms with van der Waals surface area (Å²) < 4.78 is 6.22. The molecule has 0 radical (unpaired) electrons. The molecule has 13 aromatic rings. The molecule has 0 fully saturated rings. The second kappa shape index (κ2) is 16.5. The molecular formula is C66H43NO. The molecule has 0 spiro atoms. The predicted octanol–water partition coefficient (Wildman–Crippen LogP) is 18.9. The molecule has 0 bridgehead atoms. The standard InChI is InChI=1S/C66H43NO/c1-2-13-44(14-3-1)45-25-31-50(32-26-45)58-42-37-48-15-4-7-18-56(48)65(58)51-35-40-54(41-36-51)67(62-43-52-16-5-6-17-55(52)59-19-8-9-20-60(59)62)53-38-33-47(34-39-53)46-27-29-49(30-28-46)57-22-12-24-64-66(57)61-21-10-11-23-63(61)68-64/h1-43H. The van der Waals surface area contributed by atoms with Crippen LogP contribution in [0.1, 0.15) is 0 Å². The molecule has 0 amide bonds. The molecule has 0 saturated carbocycles. The SMILES string of the molecule is c1ccc(-c2ccc(-c3ccc4ccccc4c3-c3ccc(N(c4ccc(-c5ccc(-c6cccc7oc8ccccc8c67)cc5)cc4)c4cc5ccccc5c5ccccc45)cc3)cc2)cc1. The van der Waals surface area contributed by atoms with Gasteiger partial charge >= 0.3 is 0 Å². The third-order valence-corrected chi connectivity index (χ3v) is 13.7. The Balaban J connectivity index is 0.904. The summed E-state index contributed by atoms with van der Waals surface area (Å²) in [6.07, 6.45) is 0. The van der Waals surface area contributed by atoms with Crippen molar-refractivity contribution in [2.45, 2.75) is 0 Å². The Morgan fingerprint density at radius 3 is 1.44 bits per heavy atom. The molecule has 0 unspecified atom stereocenters. The molecule has 2 heteroatoms. The maximum Gasteiger partial charge on any atom is 0.136 e. The van der Waals surface area contributed by atoms with Gasteiger partial charge in [0.05, 0.1) is 5.69 Å².